The minimum atomic E-state index is -3.71. The molecule has 1 fully saturated rings. The fraction of sp³-hybridized carbons (Fsp3) is 0.533. The molecule has 0 saturated heterocycles. The van der Waals surface area contributed by atoms with E-state index in [4.69, 9.17) is 4.74 Å². The lowest BCUT2D eigenvalue weighted by molar-refractivity contribution is 0.0697. The van der Waals surface area contributed by atoms with Crippen molar-refractivity contribution in [2.24, 2.45) is 0 Å². The first-order valence-electron chi connectivity index (χ1n) is 7.56. The molecular weight excluding hydrogens is 320 g/mol. The highest BCUT2D eigenvalue weighted by molar-refractivity contribution is 7.89. The Balaban J connectivity index is 2.21. The van der Waals surface area contributed by atoms with Crippen molar-refractivity contribution in [1.29, 1.82) is 0 Å². The molecule has 0 amide bonds. The van der Waals surface area contributed by atoms with Gasteiger partial charge in [-0.15, -0.1) is 0 Å². The maximum atomic E-state index is 12.4. The summed E-state index contributed by atoms with van der Waals surface area (Å²) in [7, 11) is -2.16. The maximum Gasteiger partial charge on any atom is 0.337 e. The molecule has 128 valence electrons. The van der Waals surface area contributed by atoms with Gasteiger partial charge in [0.05, 0.1) is 17.1 Å². The van der Waals surface area contributed by atoms with Crippen molar-refractivity contribution in [3.05, 3.63) is 23.8 Å². The number of hydrogen-bond donors (Lipinski definition) is 3. The normalized spacial score (nSPS) is 15.7. The molecule has 0 bridgehead atoms. The number of carboxylic acid groups (broad SMARTS) is 1. The van der Waals surface area contributed by atoms with E-state index in [2.05, 4.69) is 10.0 Å². The second-order valence-electron chi connectivity index (χ2n) is 5.53. The van der Waals surface area contributed by atoms with Crippen LogP contribution in [0.4, 0.5) is 5.69 Å². The molecule has 1 aromatic carbocycles. The van der Waals surface area contributed by atoms with E-state index in [0.717, 1.165) is 25.7 Å². The predicted octanol–water partition coefficient (Wildman–Crippen LogP) is 1.66. The summed E-state index contributed by atoms with van der Waals surface area (Å²) in [5.74, 6) is -1.18. The molecule has 0 atom stereocenters. The minimum Gasteiger partial charge on any atom is -0.478 e. The van der Waals surface area contributed by atoms with Crippen molar-refractivity contribution in [3.8, 4) is 0 Å². The van der Waals surface area contributed by atoms with E-state index in [0.29, 0.717) is 18.8 Å². The molecule has 2 rings (SSSR count). The SMILES string of the molecule is COCCNc1ccc(S(=O)(=O)NC2CCCC2)cc1C(=O)O. The van der Waals surface area contributed by atoms with Gasteiger partial charge in [0.2, 0.25) is 10.0 Å². The smallest absolute Gasteiger partial charge is 0.337 e. The van der Waals surface area contributed by atoms with Crippen LogP contribution in [0, 0.1) is 0 Å². The number of benzene rings is 1. The van der Waals surface area contributed by atoms with E-state index in [1.165, 1.54) is 18.2 Å². The maximum absolute atomic E-state index is 12.4. The molecular formula is C15H22N2O5S. The third-order valence-corrected chi connectivity index (χ3v) is 5.35. The van der Waals surface area contributed by atoms with Crippen molar-refractivity contribution in [3.63, 3.8) is 0 Å². The number of carbonyl (C=O) groups is 1. The first-order valence-corrected chi connectivity index (χ1v) is 9.05. The molecule has 1 aliphatic carbocycles. The van der Waals surface area contributed by atoms with Crippen LogP contribution in [0.25, 0.3) is 0 Å². The van der Waals surface area contributed by atoms with Gasteiger partial charge in [-0.25, -0.2) is 17.9 Å². The predicted molar refractivity (Wildman–Crippen MR) is 86.3 cm³/mol. The Labute approximate surface area is 136 Å². The van der Waals surface area contributed by atoms with Crippen LogP contribution in [-0.2, 0) is 14.8 Å². The van der Waals surface area contributed by atoms with Crippen molar-refractivity contribution in [2.45, 2.75) is 36.6 Å². The highest BCUT2D eigenvalue weighted by Gasteiger charge is 2.24. The fourth-order valence-electron chi connectivity index (χ4n) is 2.64. The second-order valence-corrected chi connectivity index (χ2v) is 7.25. The number of nitrogens with one attached hydrogen (secondary N) is 2. The number of ether oxygens (including phenoxy) is 1. The van der Waals surface area contributed by atoms with Crippen LogP contribution in [0.2, 0.25) is 0 Å². The second kappa shape index (κ2) is 7.76. The molecule has 0 aromatic heterocycles. The Morgan fingerprint density at radius 3 is 2.65 bits per heavy atom. The van der Waals surface area contributed by atoms with E-state index in [-0.39, 0.29) is 16.5 Å². The van der Waals surface area contributed by atoms with Gasteiger partial charge in [-0.1, -0.05) is 12.8 Å². The van der Waals surface area contributed by atoms with Gasteiger partial charge in [0.25, 0.3) is 0 Å². The lowest BCUT2D eigenvalue weighted by Gasteiger charge is -2.14. The van der Waals surface area contributed by atoms with Crippen molar-refractivity contribution in [2.75, 3.05) is 25.6 Å². The van der Waals surface area contributed by atoms with Crippen LogP contribution in [-0.4, -0.2) is 45.8 Å². The Bertz CT molecular complexity index is 654. The summed E-state index contributed by atoms with van der Waals surface area (Å²) >= 11 is 0. The molecule has 1 aliphatic rings. The van der Waals surface area contributed by atoms with Gasteiger partial charge in [-0.05, 0) is 31.0 Å². The van der Waals surface area contributed by atoms with Gasteiger partial charge < -0.3 is 15.2 Å². The van der Waals surface area contributed by atoms with Gasteiger partial charge in [0.1, 0.15) is 0 Å². The summed E-state index contributed by atoms with van der Waals surface area (Å²) in [6.45, 7) is 0.853. The Morgan fingerprint density at radius 2 is 2.04 bits per heavy atom. The average molecular weight is 342 g/mol. The zero-order valence-electron chi connectivity index (χ0n) is 13.0. The number of rotatable bonds is 8. The number of carboxylic acids is 1. The summed E-state index contributed by atoms with van der Waals surface area (Å²) in [6.07, 6.45) is 3.66. The first-order chi connectivity index (χ1) is 10.9. The lowest BCUT2D eigenvalue weighted by atomic mass is 10.2. The van der Waals surface area contributed by atoms with E-state index in [1.807, 2.05) is 0 Å². The highest BCUT2D eigenvalue weighted by atomic mass is 32.2. The largest absolute Gasteiger partial charge is 0.478 e. The zero-order chi connectivity index (χ0) is 16.9. The molecule has 8 heteroatoms. The van der Waals surface area contributed by atoms with Gasteiger partial charge in [0, 0.05) is 25.4 Å². The Morgan fingerprint density at radius 1 is 1.35 bits per heavy atom. The Kier molecular flexibility index (Phi) is 5.97. The van der Waals surface area contributed by atoms with Crippen LogP contribution in [0.3, 0.4) is 0 Å². The van der Waals surface area contributed by atoms with E-state index < -0.39 is 16.0 Å². The summed E-state index contributed by atoms with van der Waals surface area (Å²) in [6, 6.07) is 4.02. The van der Waals surface area contributed by atoms with Crippen molar-refractivity contribution < 1.29 is 23.1 Å². The minimum absolute atomic E-state index is 0.0286. The van der Waals surface area contributed by atoms with Gasteiger partial charge >= 0.3 is 5.97 Å². The number of sulfonamides is 1. The quantitative estimate of drug-likeness (QED) is 0.621. The molecule has 0 spiro atoms. The molecule has 1 saturated carbocycles. The molecule has 3 N–H and O–H groups in total. The third-order valence-electron chi connectivity index (χ3n) is 3.83. The van der Waals surface area contributed by atoms with E-state index in [1.54, 1.807) is 7.11 Å². The standard InChI is InChI=1S/C15H22N2O5S/c1-22-9-8-16-14-7-6-12(10-13(14)15(18)19)23(20,21)17-11-4-2-3-5-11/h6-7,10-11,16-17H,2-5,8-9H2,1H3,(H,18,19). The summed E-state index contributed by atoms with van der Waals surface area (Å²) in [5, 5.41) is 12.2. The molecule has 0 radical (unpaired) electrons. The Hall–Kier alpha value is -1.64. The molecule has 23 heavy (non-hydrogen) atoms. The van der Waals surface area contributed by atoms with Crippen LogP contribution in [0.5, 0.6) is 0 Å². The summed E-state index contributed by atoms with van der Waals surface area (Å²) in [5.41, 5.74) is 0.296. The topological polar surface area (TPSA) is 105 Å². The molecule has 7 nitrogen and oxygen atoms in total. The average Bonchev–Trinajstić information content (AvgIpc) is 2.99. The van der Waals surface area contributed by atoms with Crippen LogP contribution in [0.15, 0.2) is 23.1 Å². The van der Waals surface area contributed by atoms with Crippen LogP contribution >= 0.6 is 0 Å². The van der Waals surface area contributed by atoms with Crippen molar-refractivity contribution in [1.82, 2.24) is 4.72 Å². The highest BCUT2D eigenvalue weighted by Crippen LogP contribution is 2.23. The summed E-state index contributed by atoms with van der Waals surface area (Å²) in [4.78, 5) is 11.4. The molecule has 0 aliphatic heterocycles. The molecule has 0 unspecified atom stereocenters. The lowest BCUT2D eigenvalue weighted by Crippen LogP contribution is -2.32. The fourth-order valence-corrected chi connectivity index (χ4v) is 3.97. The molecule has 0 heterocycles. The van der Waals surface area contributed by atoms with E-state index >= 15 is 0 Å². The van der Waals surface area contributed by atoms with Crippen LogP contribution in [0.1, 0.15) is 36.0 Å². The zero-order valence-corrected chi connectivity index (χ0v) is 13.9. The molecule has 1 aromatic rings. The van der Waals surface area contributed by atoms with Crippen molar-refractivity contribution >= 4 is 21.7 Å². The third kappa shape index (κ3) is 4.66. The number of methoxy groups -OCH3 is 1. The van der Waals surface area contributed by atoms with Gasteiger partial charge in [0.15, 0.2) is 0 Å². The summed E-state index contributed by atoms with van der Waals surface area (Å²) < 4.78 is 32.3. The van der Waals surface area contributed by atoms with E-state index in [9.17, 15) is 18.3 Å². The first kappa shape index (κ1) is 17.7. The van der Waals surface area contributed by atoms with Gasteiger partial charge in [-0.2, -0.15) is 0 Å². The number of aromatic carboxylic acids is 1. The van der Waals surface area contributed by atoms with Gasteiger partial charge in [-0.3, -0.25) is 0 Å². The number of hydrogen-bond acceptors (Lipinski definition) is 5. The number of anilines is 1. The monoisotopic (exact) mass is 342 g/mol. The van der Waals surface area contributed by atoms with Crippen LogP contribution < -0.4 is 10.0 Å².